The fraction of sp³-hybridized carbons (Fsp3) is 0.429. The molecule has 1 atom stereocenters. The molecule has 0 saturated heterocycles. The second kappa shape index (κ2) is 9.34. The van der Waals surface area contributed by atoms with Crippen molar-refractivity contribution in [3.8, 4) is 5.88 Å². The first-order valence-electron chi connectivity index (χ1n) is 10.4. The lowest BCUT2D eigenvalue weighted by Crippen LogP contribution is -2.33. The summed E-state index contributed by atoms with van der Waals surface area (Å²) in [5, 5.41) is 3.02. The van der Waals surface area contributed by atoms with E-state index in [1.807, 2.05) is 11.8 Å². The summed E-state index contributed by atoms with van der Waals surface area (Å²) in [6, 6.07) is -0.445. The number of anilines is 2. The fourth-order valence-electron chi connectivity index (χ4n) is 3.50. The van der Waals surface area contributed by atoms with Crippen LogP contribution in [0.15, 0.2) is 17.6 Å². The lowest BCUT2D eigenvalue weighted by molar-refractivity contribution is 0.0635. The Kier molecular flexibility index (Phi) is 6.63. The molecule has 4 heterocycles. The summed E-state index contributed by atoms with van der Waals surface area (Å²) >= 11 is 7.26. The van der Waals surface area contributed by atoms with Crippen LogP contribution < -0.4 is 15.0 Å². The number of aromatic nitrogens is 5. The van der Waals surface area contributed by atoms with E-state index < -0.39 is 23.6 Å². The number of hydrogen-bond donors (Lipinski definition) is 1. The molecule has 0 aromatic carbocycles. The Hall–Kier alpha value is -2.99. The summed E-state index contributed by atoms with van der Waals surface area (Å²) in [7, 11) is 0. The normalized spacial score (nSPS) is 14.4. The molecule has 4 rings (SSSR count). The topological polar surface area (TPSA) is 115 Å². The van der Waals surface area contributed by atoms with Gasteiger partial charge < -0.3 is 14.4 Å². The van der Waals surface area contributed by atoms with Gasteiger partial charge in [-0.3, -0.25) is 10.3 Å². The molecule has 3 aromatic rings. The SMILES string of the molecule is CSc1nc2c3c(nc(Cl)c(F)c3n1)OCCN2C(C)c1nccnc1NC(=O)OC(C)(C)C. The highest BCUT2D eigenvalue weighted by atomic mass is 35.5. The predicted octanol–water partition coefficient (Wildman–Crippen LogP) is 4.64. The Morgan fingerprint density at radius 3 is 2.74 bits per heavy atom. The van der Waals surface area contributed by atoms with Crippen LogP contribution in [-0.2, 0) is 4.74 Å². The monoisotopic (exact) mass is 507 g/mol. The number of nitrogens with one attached hydrogen (secondary N) is 1. The molecular formula is C21H23ClFN7O3S. The number of ether oxygens (including phenoxy) is 2. The summed E-state index contributed by atoms with van der Waals surface area (Å²) in [6.07, 6.45) is 4.14. The maximum absolute atomic E-state index is 14.9. The third-order valence-electron chi connectivity index (χ3n) is 4.91. The lowest BCUT2D eigenvalue weighted by Gasteiger charge is -2.30. The molecule has 1 unspecified atom stereocenters. The van der Waals surface area contributed by atoms with Crippen molar-refractivity contribution in [3.05, 3.63) is 29.1 Å². The van der Waals surface area contributed by atoms with Crippen LogP contribution in [0.5, 0.6) is 5.88 Å². The number of carbonyl (C=O) groups is 1. The second-order valence-electron chi connectivity index (χ2n) is 8.41. The molecule has 0 spiro atoms. The van der Waals surface area contributed by atoms with E-state index in [1.165, 1.54) is 24.2 Å². The van der Waals surface area contributed by atoms with Crippen LogP contribution >= 0.6 is 23.4 Å². The molecule has 1 amide bonds. The minimum atomic E-state index is -0.746. The minimum Gasteiger partial charge on any atom is -0.475 e. The van der Waals surface area contributed by atoms with Crippen molar-refractivity contribution in [2.75, 3.05) is 29.6 Å². The van der Waals surface area contributed by atoms with Gasteiger partial charge in [-0.2, -0.15) is 4.98 Å². The fourth-order valence-corrected chi connectivity index (χ4v) is 4.03. The molecule has 10 nitrogen and oxygen atoms in total. The lowest BCUT2D eigenvalue weighted by atomic mass is 10.1. The molecule has 0 fully saturated rings. The van der Waals surface area contributed by atoms with Crippen LogP contribution in [0.4, 0.5) is 20.8 Å². The van der Waals surface area contributed by atoms with Gasteiger partial charge in [0.05, 0.1) is 12.6 Å². The van der Waals surface area contributed by atoms with Gasteiger partial charge in [0.2, 0.25) is 5.88 Å². The van der Waals surface area contributed by atoms with Crippen molar-refractivity contribution >= 4 is 52.0 Å². The highest BCUT2D eigenvalue weighted by Crippen LogP contribution is 2.40. The van der Waals surface area contributed by atoms with Crippen molar-refractivity contribution in [2.24, 2.45) is 0 Å². The van der Waals surface area contributed by atoms with E-state index in [-0.39, 0.29) is 29.0 Å². The molecule has 0 radical (unpaired) electrons. The average Bonchev–Trinajstić information content (AvgIpc) is 2.95. The van der Waals surface area contributed by atoms with Crippen LogP contribution in [0.25, 0.3) is 10.9 Å². The molecule has 1 aliphatic heterocycles. The number of pyridine rings is 1. The zero-order chi connectivity index (χ0) is 24.6. The molecule has 1 N–H and O–H groups in total. The summed E-state index contributed by atoms with van der Waals surface area (Å²) < 4.78 is 26.0. The van der Waals surface area contributed by atoms with Crippen LogP contribution in [0.1, 0.15) is 39.4 Å². The van der Waals surface area contributed by atoms with Crippen molar-refractivity contribution in [3.63, 3.8) is 0 Å². The van der Waals surface area contributed by atoms with Gasteiger partial charge in [0.25, 0.3) is 0 Å². The summed E-state index contributed by atoms with van der Waals surface area (Å²) in [5.41, 5.74) is -0.186. The molecule has 0 saturated carbocycles. The number of carbonyl (C=O) groups excluding carboxylic acids is 1. The average molecular weight is 508 g/mol. The van der Waals surface area contributed by atoms with E-state index in [2.05, 4.69) is 30.2 Å². The standard InChI is InChI=1S/C21H23ClFN7O3S/c1-10(13-16(25-7-6-24-13)28-20(31)33-21(2,3)4)30-8-9-32-18-11-14(12(23)15(22)27-18)26-19(34-5)29-17(11)30/h6-7,10H,8-9H2,1-5H3,(H,25,28,31). The predicted molar refractivity (Wildman–Crippen MR) is 127 cm³/mol. The maximum atomic E-state index is 14.9. The first-order valence-corrected chi connectivity index (χ1v) is 12.0. The van der Waals surface area contributed by atoms with E-state index >= 15 is 0 Å². The van der Waals surface area contributed by atoms with E-state index in [0.29, 0.717) is 28.6 Å². The van der Waals surface area contributed by atoms with Gasteiger partial charge in [0.1, 0.15) is 34.6 Å². The number of hydrogen-bond acceptors (Lipinski definition) is 10. The Morgan fingerprint density at radius 2 is 2.03 bits per heavy atom. The van der Waals surface area contributed by atoms with Crippen molar-refractivity contribution in [2.45, 2.75) is 44.5 Å². The smallest absolute Gasteiger partial charge is 0.413 e. The van der Waals surface area contributed by atoms with E-state index in [1.54, 1.807) is 27.0 Å². The van der Waals surface area contributed by atoms with Gasteiger partial charge >= 0.3 is 6.09 Å². The van der Waals surface area contributed by atoms with Gasteiger partial charge in [0.15, 0.2) is 21.9 Å². The Labute approximate surface area is 204 Å². The molecule has 0 bridgehead atoms. The molecule has 180 valence electrons. The third kappa shape index (κ3) is 4.78. The number of thioether (sulfide) groups is 1. The van der Waals surface area contributed by atoms with Crippen LogP contribution in [0.3, 0.4) is 0 Å². The van der Waals surface area contributed by atoms with Crippen molar-refractivity contribution < 1.29 is 18.7 Å². The maximum Gasteiger partial charge on any atom is 0.413 e. The zero-order valence-electron chi connectivity index (χ0n) is 19.2. The van der Waals surface area contributed by atoms with E-state index in [9.17, 15) is 9.18 Å². The number of rotatable bonds is 4. The largest absolute Gasteiger partial charge is 0.475 e. The third-order valence-corrected chi connectivity index (χ3v) is 5.70. The van der Waals surface area contributed by atoms with Crippen molar-refractivity contribution in [1.82, 2.24) is 24.9 Å². The van der Waals surface area contributed by atoms with E-state index in [4.69, 9.17) is 21.1 Å². The zero-order valence-corrected chi connectivity index (χ0v) is 20.8. The first-order chi connectivity index (χ1) is 16.1. The summed E-state index contributed by atoms with van der Waals surface area (Å²) in [6.45, 7) is 7.79. The Morgan fingerprint density at radius 1 is 1.29 bits per heavy atom. The molecule has 13 heteroatoms. The summed E-state index contributed by atoms with van der Waals surface area (Å²) in [5.74, 6) is 0.0750. The van der Waals surface area contributed by atoms with Gasteiger partial charge in [-0.1, -0.05) is 23.4 Å². The minimum absolute atomic E-state index is 0.0229. The molecular weight excluding hydrogens is 485 g/mol. The van der Waals surface area contributed by atoms with Crippen LogP contribution in [0, 0.1) is 5.82 Å². The van der Waals surface area contributed by atoms with Gasteiger partial charge in [-0.05, 0) is 34.0 Å². The Balaban J connectivity index is 1.79. The quantitative estimate of drug-likeness (QED) is 0.304. The van der Waals surface area contributed by atoms with E-state index in [0.717, 1.165) is 0 Å². The summed E-state index contributed by atoms with van der Waals surface area (Å²) in [4.78, 5) is 36.0. The van der Waals surface area contributed by atoms with Crippen molar-refractivity contribution in [1.29, 1.82) is 0 Å². The van der Waals surface area contributed by atoms with Gasteiger partial charge in [-0.25, -0.2) is 24.1 Å². The molecule has 0 aliphatic carbocycles. The molecule has 34 heavy (non-hydrogen) atoms. The van der Waals surface area contributed by atoms with Gasteiger partial charge in [0, 0.05) is 12.4 Å². The molecule has 3 aromatic heterocycles. The van der Waals surface area contributed by atoms with Crippen LogP contribution in [-0.4, -0.2) is 56.0 Å². The Bertz CT molecular complexity index is 1260. The first kappa shape index (κ1) is 24.1. The number of halogens is 2. The number of amides is 1. The highest BCUT2D eigenvalue weighted by Gasteiger charge is 2.31. The van der Waals surface area contributed by atoms with Gasteiger partial charge in [-0.15, -0.1) is 0 Å². The second-order valence-corrected chi connectivity index (χ2v) is 9.55. The number of nitrogens with zero attached hydrogens (tertiary/aromatic N) is 6. The van der Waals surface area contributed by atoms with Crippen LogP contribution in [0.2, 0.25) is 5.15 Å². The highest BCUT2D eigenvalue weighted by molar-refractivity contribution is 7.98. The molecule has 1 aliphatic rings.